The molecule has 0 saturated carbocycles. The molecule has 2 heterocycles. The summed E-state index contributed by atoms with van der Waals surface area (Å²) in [6.45, 7) is 4.28. The molecule has 4 rings (SSSR count). The molecule has 1 atom stereocenters. The van der Waals surface area contributed by atoms with Crippen molar-refractivity contribution in [2.45, 2.75) is 12.5 Å². The summed E-state index contributed by atoms with van der Waals surface area (Å²) in [6, 6.07) is 14.2. The van der Waals surface area contributed by atoms with Crippen molar-refractivity contribution in [3.8, 4) is 0 Å². The predicted molar refractivity (Wildman–Crippen MR) is 116 cm³/mol. The maximum absolute atomic E-state index is 12.8. The highest BCUT2D eigenvalue weighted by Crippen LogP contribution is 2.31. The summed E-state index contributed by atoms with van der Waals surface area (Å²) in [4.78, 5) is 31.4. The fourth-order valence-electron chi connectivity index (χ4n) is 3.63. The summed E-state index contributed by atoms with van der Waals surface area (Å²) in [7, 11) is 1.88. The van der Waals surface area contributed by atoms with E-state index in [4.69, 9.17) is 11.6 Å². The van der Waals surface area contributed by atoms with Crippen LogP contribution in [0.5, 0.6) is 0 Å². The van der Waals surface area contributed by atoms with Crippen LogP contribution in [-0.2, 0) is 11.8 Å². The van der Waals surface area contributed by atoms with Crippen molar-refractivity contribution in [3.63, 3.8) is 0 Å². The second-order valence-corrected chi connectivity index (χ2v) is 7.58. The second kappa shape index (κ2) is 8.16. The Morgan fingerprint density at radius 3 is 2.50 bits per heavy atom. The van der Waals surface area contributed by atoms with Gasteiger partial charge in [0.2, 0.25) is 5.91 Å². The molecule has 3 aromatic rings. The van der Waals surface area contributed by atoms with Gasteiger partial charge in [-0.25, -0.2) is 4.98 Å². The lowest BCUT2D eigenvalue weighted by Gasteiger charge is -2.21. The third kappa shape index (κ3) is 3.74. The zero-order valence-electron chi connectivity index (χ0n) is 16.5. The Morgan fingerprint density at radius 1 is 1.17 bits per heavy atom. The Kier molecular flexibility index (Phi) is 5.42. The van der Waals surface area contributed by atoms with Crippen LogP contribution in [0.3, 0.4) is 0 Å². The smallest absolute Gasteiger partial charge is 0.258 e. The average molecular weight is 421 g/mol. The van der Waals surface area contributed by atoms with Crippen molar-refractivity contribution in [3.05, 3.63) is 95.0 Å². The van der Waals surface area contributed by atoms with Crippen LogP contribution in [0, 0.1) is 0 Å². The summed E-state index contributed by atoms with van der Waals surface area (Å²) in [5.74, 6) is 0.399. The number of carbonyl (C=O) groups excluding carboxylic acids is 2. The van der Waals surface area contributed by atoms with Gasteiger partial charge in [0.05, 0.1) is 0 Å². The Bertz CT molecular complexity index is 1090. The van der Waals surface area contributed by atoms with Gasteiger partial charge in [0.1, 0.15) is 11.9 Å². The van der Waals surface area contributed by atoms with Crippen LogP contribution in [-0.4, -0.2) is 32.8 Å². The summed E-state index contributed by atoms with van der Waals surface area (Å²) in [5.41, 5.74) is 2.93. The SMILES string of the molecule is C=C1c2ccccc2C(=O)N1CCC(=O)N[C@@H](c1ccc(Cl)cc1)c1nccn1C. The molecule has 0 aliphatic carbocycles. The quantitative estimate of drug-likeness (QED) is 0.659. The second-order valence-electron chi connectivity index (χ2n) is 7.15. The normalized spacial score (nSPS) is 14.0. The topological polar surface area (TPSA) is 67.2 Å². The van der Waals surface area contributed by atoms with Gasteiger partial charge in [-0.15, -0.1) is 0 Å². The number of nitrogens with one attached hydrogen (secondary N) is 1. The molecule has 6 nitrogen and oxygen atoms in total. The van der Waals surface area contributed by atoms with Crippen LogP contribution in [0.25, 0.3) is 5.70 Å². The molecule has 7 heteroatoms. The number of benzene rings is 2. The average Bonchev–Trinajstić information content (AvgIpc) is 3.27. The standard InChI is InChI=1S/C23H21ClN4O2/c1-15-18-5-3-4-6-19(18)23(30)28(15)13-11-20(29)26-21(22-25-12-14-27(22)2)16-7-9-17(24)10-8-16/h3-10,12,14,21H,1,11,13H2,2H3,(H,26,29)/t21-/m0/s1. The Morgan fingerprint density at radius 2 is 1.87 bits per heavy atom. The van der Waals surface area contributed by atoms with Gasteiger partial charge in [-0.05, 0) is 23.8 Å². The summed E-state index contributed by atoms with van der Waals surface area (Å²) in [5, 5.41) is 3.66. The highest BCUT2D eigenvalue weighted by atomic mass is 35.5. The first-order valence-corrected chi connectivity index (χ1v) is 9.95. The minimum Gasteiger partial charge on any atom is -0.342 e. The van der Waals surface area contributed by atoms with E-state index in [2.05, 4.69) is 16.9 Å². The van der Waals surface area contributed by atoms with Crippen molar-refractivity contribution >= 4 is 29.1 Å². The first kappa shape index (κ1) is 19.9. The number of imidazole rings is 1. The Hall–Kier alpha value is -3.38. The maximum Gasteiger partial charge on any atom is 0.258 e. The van der Waals surface area contributed by atoms with Crippen molar-refractivity contribution < 1.29 is 9.59 Å². The van der Waals surface area contributed by atoms with E-state index in [0.717, 1.165) is 11.1 Å². The lowest BCUT2D eigenvalue weighted by atomic mass is 10.1. The van der Waals surface area contributed by atoms with Crippen LogP contribution in [0.2, 0.25) is 5.02 Å². The van der Waals surface area contributed by atoms with Gasteiger partial charge < -0.3 is 14.8 Å². The first-order valence-electron chi connectivity index (χ1n) is 9.58. The van der Waals surface area contributed by atoms with Crippen LogP contribution in [0.1, 0.15) is 39.8 Å². The number of aromatic nitrogens is 2. The number of nitrogens with zero attached hydrogens (tertiary/aromatic N) is 3. The number of amides is 2. The molecule has 0 bridgehead atoms. The number of hydrogen-bond donors (Lipinski definition) is 1. The molecule has 0 saturated heterocycles. The Balaban J connectivity index is 1.47. The fourth-order valence-corrected chi connectivity index (χ4v) is 3.75. The molecule has 30 heavy (non-hydrogen) atoms. The molecule has 1 aliphatic rings. The van der Waals surface area contributed by atoms with Crippen molar-refractivity contribution in [1.29, 1.82) is 0 Å². The number of aryl methyl sites for hydroxylation is 1. The zero-order valence-corrected chi connectivity index (χ0v) is 17.3. The van der Waals surface area contributed by atoms with E-state index in [9.17, 15) is 9.59 Å². The molecule has 1 N–H and O–H groups in total. The van der Waals surface area contributed by atoms with Crippen molar-refractivity contribution in [2.24, 2.45) is 7.05 Å². The van der Waals surface area contributed by atoms with E-state index < -0.39 is 6.04 Å². The third-order valence-corrected chi connectivity index (χ3v) is 5.48. The molecular weight excluding hydrogens is 400 g/mol. The molecule has 0 spiro atoms. The molecule has 2 amide bonds. The van der Waals surface area contributed by atoms with Gasteiger partial charge in [-0.2, -0.15) is 0 Å². The van der Waals surface area contributed by atoms with Gasteiger partial charge in [-0.1, -0.05) is 48.5 Å². The number of fused-ring (bicyclic) bond motifs is 1. The minimum atomic E-state index is -0.426. The molecule has 0 fully saturated rings. The summed E-state index contributed by atoms with van der Waals surface area (Å²) in [6.07, 6.45) is 3.66. The predicted octanol–water partition coefficient (Wildman–Crippen LogP) is 3.80. The van der Waals surface area contributed by atoms with Gasteiger partial charge in [0.15, 0.2) is 0 Å². The van der Waals surface area contributed by atoms with Crippen LogP contribution in [0.4, 0.5) is 0 Å². The van der Waals surface area contributed by atoms with E-state index in [1.807, 2.05) is 48.1 Å². The van der Waals surface area contributed by atoms with Crippen LogP contribution in [0.15, 0.2) is 67.5 Å². The third-order valence-electron chi connectivity index (χ3n) is 5.23. The highest BCUT2D eigenvalue weighted by Gasteiger charge is 2.31. The zero-order chi connectivity index (χ0) is 21.3. The molecular formula is C23H21ClN4O2. The molecule has 0 radical (unpaired) electrons. The monoisotopic (exact) mass is 420 g/mol. The van der Waals surface area contributed by atoms with Crippen molar-refractivity contribution in [2.75, 3.05) is 6.54 Å². The molecule has 152 valence electrons. The number of hydrogen-bond acceptors (Lipinski definition) is 3. The van der Waals surface area contributed by atoms with E-state index in [-0.39, 0.29) is 24.8 Å². The van der Waals surface area contributed by atoms with Gasteiger partial charge in [0.25, 0.3) is 5.91 Å². The largest absolute Gasteiger partial charge is 0.342 e. The van der Waals surface area contributed by atoms with Crippen LogP contribution < -0.4 is 5.32 Å². The van der Waals surface area contributed by atoms with E-state index in [1.165, 1.54) is 0 Å². The minimum absolute atomic E-state index is 0.123. The first-order chi connectivity index (χ1) is 14.5. The number of halogens is 1. The molecule has 1 aromatic heterocycles. The molecule has 2 aromatic carbocycles. The fraction of sp³-hybridized carbons (Fsp3) is 0.174. The van der Waals surface area contributed by atoms with Gasteiger partial charge in [-0.3, -0.25) is 9.59 Å². The van der Waals surface area contributed by atoms with E-state index in [1.54, 1.807) is 29.3 Å². The lowest BCUT2D eigenvalue weighted by Crippen LogP contribution is -2.34. The maximum atomic E-state index is 12.8. The summed E-state index contributed by atoms with van der Waals surface area (Å²) < 4.78 is 1.86. The van der Waals surface area contributed by atoms with Crippen molar-refractivity contribution in [1.82, 2.24) is 19.8 Å². The van der Waals surface area contributed by atoms with Gasteiger partial charge >= 0.3 is 0 Å². The summed E-state index contributed by atoms with van der Waals surface area (Å²) >= 11 is 6.01. The van der Waals surface area contributed by atoms with Gasteiger partial charge in [0, 0.05) is 54.3 Å². The highest BCUT2D eigenvalue weighted by molar-refractivity contribution is 6.30. The lowest BCUT2D eigenvalue weighted by molar-refractivity contribution is -0.121. The van der Waals surface area contributed by atoms with E-state index >= 15 is 0 Å². The number of rotatable bonds is 6. The van der Waals surface area contributed by atoms with Crippen LogP contribution >= 0.6 is 11.6 Å². The molecule has 1 aliphatic heterocycles. The Labute approximate surface area is 179 Å². The van der Waals surface area contributed by atoms with E-state index in [0.29, 0.717) is 22.1 Å². The molecule has 0 unspecified atom stereocenters. The number of carbonyl (C=O) groups is 2.